The third-order valence-corrected chi connectivity index (χ3v) is 6.06. The highest BCUT2D eigenvalue weighted by Crippen LogP contribution is 2.26. The molecule has 4 heterocycles. The summed E-state index contributed by atoms with van der Waals surface area (Å²) < 4.78 is 3.20. The molecular weight excluding hydrogens is 430 g/mol. The van der Waals surface area contributed by atoms with Gasteiger partial charge in [0.05, 0.1) is 29.6 Å². The first-order valence-corrected chi connectivity index (χ1v) is 11.1. The van der Waals surface area contributed by atoms with Crippen LogP contribution >= 0.6 is 0 Å². The number of rotatable bonds is 5. The second-order valence-electron chi connectivity index (χ2n) is 8.70. The number of aryl methyl sites for hydroxylation is 2. The Morgan fingerprint density at radius 1 is 1.24 bits per heavy atom. The maximum Gasteiger partial charge on any atom is 0.274 e. The Morgan fingerprint density at radius 3 is 2.79 bits per heavy atom. The van der Waals surface area contributed by atoms with Gasteiger partial charge in [-0.2, -0.15) is 10.2 Å². The van der Waals surface area contributed by atoms with Gasteiger partial charge in [0, 0.05) is 36.0 Å². The first kappa shape index (κ1) is 21.6. The van der Waals surface area contributed by atoms with Gasteiger partial charge >= 0.3 is 0 Å². The van der Waals surface area contributed by atoms with Crippen molar-refractivity contribution in [2.45, 2.75) is 33.2 Å². The SMILES string of the molecule is Cc1cccc2ncc(-c3cn4nc(C(=O)NCc5ccnn5C)c(C(C)C)c4c(=O)[nH]3)cc12. The van der Waals surface area contributed by atoms with Crippen molar-refractivity contribution in [1.29, 1.82) is 0 Å². The number of hydrogen-bond donors (Lipinski definition) is 2. The number of H-pyrrole nitrogens is 1. The lowest BCUT2D eigenvalue weighted by Crippen LogP contribution is -2.25. The molecule has 172 valence electrons. The van der Waals surface area contributed by atoms with Gasteiger partial charge in [-0.25, -0.2) is 4.52 Å². The van der Waals surface area contributed by atoms with Crippen molar-refractivity contribution in [2.24, 2.45) is 7.05 Å². The molecule has 0 bridgehead atoms. The van der Waals surface area contributed by atoms with E-state index in [4.69, 9.17) is 0 Å². The Kier molecular flexibility index (Phi) is 5.24. The van der Waals surface area contributed by atoms with E-state index in [0.717, 1.165) is 27.7 Å². The van der Waals surface area contributed by atoms with Crippen LogP contribution in [0.25, 0.3) is 27.7 Å². The topological polar surface area (TPSA) is 110 Å². The monoisotopic (exact) mass is 455 g/mol. The van der Waals surface area contributed by atoms with E-state index < -0.39 is 0 Å². The molecule has 34 heavy (non-hydrogen) atoms. The molecule has 0 radical (unpaired) electrons. The normalized spacial score (nSPS) is 11.6. The van der Waals surface area contributed by atoms with Gasteiger partial charge in [0.2, 0.25) is 0 Å². The molecule has 0 aliphatic carbocycles. The highest BCUT2D eigenvalue weighted by Gasteiger charge is 2.24. The standard InChI is InChI=1S/C25H25N7O2/c1-14(2)21-22(24(33)27-12-17-8-9-28-31(17)4)30-32-13-20(29-25(34)23(21)32)16-10-18-15(3)6-5-7-19(18)26-11-16/h5-11,13-14H,12H2,1-4H3,(H,27,33)(H,29,34). The number of benzene rings is 1. The van der Waals surface area contributed by atoms with E-state index in [1.807, 2.05) is 58.2 Å². The van der Waals surface area contributed by atoms with Crippen LogP contribution < -0.4 is 10.9 Å². The molecule has 1 amide bonds. The lowest BCUT2D eigenvalue weighted by atomic mass is 10.0. The van der Waals surface area contributed by atoms with Crippen molar-refractivity contribution >= 4 is 22.3 Å². The quantitative estimate of drug-likeness (QED) is 0.422. The zero-order valence-electron chi connectivity index (χ0n) is 19.5. The summed E-state index contributed by atoms with van der Waals surface area (Å²) in [5.41, 5.74) is 5.13. The minimum Gasteiger partial charge on any atom is -0.345 e. The van der Waals surface area contributed by atoms with Crippen LogP contribution in [-0.4, -0.2) is 35.3 Å². The maximum absolute atomic E-state index is 13.2. The van der Waals surface area contributed by atoms with Crippen molar-refractivity contribution in [3.05, 3.63) is 81.8 Å². The van der Waals surface area contributed by atoms with E-state index in [-0.39, 0.29) is 23.1 Å². The van der Waals surface area contributed by atoms with Crippen LogP contribution in [0.4, 0.5) is 0 Å². The van der Waals surface area contributed by atoms with E-state index in [1.54, 1.807) is 23.3 Å². The Morgan fingerprint density at radius 2 is 2.06 bits per heavy atom. The minimum absolute atomic E-state index is 0.0770. The first-order valence-electron chi connectivity index (χ1n) is 11.1. The molecule has 2 N–H and O–H groups in total. The van der Waals surface area contributed by atoms with Crippen LogP contribution in [0, 0.1) is 6.92 Å². The van der Waals surface area contributed by atoms with E-state index in [2.05, 4.69) is 25.5 Å². The van der Waals surface area contributed by atoms with Gasteiger partial charge in [0.25, 0.3) is 11.5 Å². The number of fused-ring (bicyclic) bond motifs is 2. The van der Waals surface area contributed by atoms with Crippen LogP contribution in [-0.2, 0) is 13.6 Å². The lowest BCUT2D eigenvalue weighted by molar-refractivity contribution is 0.0943. The fourth-order valence-corrected chi connectivity index (χ4v) is 4.24. The molecule has 0 saturated carbocycles. The number of pyridine rings is 1. The number of carbonyl (C=O) groups is 1. The third kappa shape index (κ3) is 3.64. The number of carbonyl (C=O) groups excluding carboxylic acids is 1. The molecule has 0 unspecified atom stereocenters. The molecule has 1 aromatic carbocycles. The second-order valence-corrected chi connectivity index (χ2v) is 8.70. The number of amides is 1. The average molecular weight is 456 g/mol. The molecule has 0 aliphatic heterocycles. The summed E-state index contributed by atoms with van der Waals surface area (Å²) in [6.07, 6.45) is 5.14. The van der Waals surface area contributed by atoms with Crippen molar-refractivity contribution in [2.75, 3.05) is 0 Å². The molecule has 4 aromatic heterocycles. The predicted molar refractivity (Wildman–Crippen MR) is 130 cm³/mol. The molecule has 9 nitrogen and oxygen atoms in total. The van der Waals surface area contributed by atoms with Gasteiger partial charge in [-0.1, -0.05) is 26.0 Å². The van der Waals surface area contributed by atoms with Crippen molar-refractivity contribution < 1.29 is 4.79 Å². The van der Waals surface area contributed by atoms with Gasteiger partial charge < -0.3 is 10.3 Å². The van der Waals surface area contributed by atoms with Crippen LogP contribution in [0.15, 0.2) is 53.7 Å². The zero-order valence-corrected chi connectivity index (χ0v) is 19.5. The Balaban J connectivity index is 1.58. The summed E-state index contributed by atoms with van der Waals surface area (Å²) in [7, 11) is 1.82. The average Bonchev–Trinajstić information content (AvgIpc) is 3.41. The summed E-state index contributed by atoms with van der Waals surface area (Å²) >= 11 is 0. The number of aromatic amines is 1. The second kappa shape index (κ2) is 8.26. The Hall–Kier alpha value is -4.27. The van der Waals surface area contributed by atoms with Crippen LogP contribution in [0.2, 0.25) is 0 Å². The summed E-state index contributed by atoms with van der Waals surface area (Å²) in [5.74, 6) is -0.413. The van der Waals surface area contributed by atoms with Gasteiger partial charge in [-0.15, -0.1) is 0 Å². The van der Waals surface area contributed by atoms with E-state index in [9.17, 15) is 9.59 Å². The zero-order chi connectivity index (χ0) is 24.0. The molecular formula is C25H25N7O2. The molecule has 0 atom stereocenters. The highest BCUT2D eigenvalue weighted by atomic mass is 16.2. The van der Waals surface area contributed by atoms with E-state index >= 15 is 0 Å². The van der Waals surface area contributed by atoms with Crippen molar-refractivity contribution in [3.63, 3.8) is 0 Å². The summed E-state index contributed by atoms with van der Waals surface area (Å²) in [6, 6.07) is 9.79. The van der Waals surface area contributed by atoms with E-state index in [1.165, 1.54) is 4.52 Å². The Bertz CT molecular complexity index is 1610. The molecule has 0 fully saturated rings. The summed E-state index contributed by atoms with van der Waals surface area (Å²) in [4.78, 5) is 33.7. The largest absolute Gasteiger partial charge is 0.345 e. The number of hydrogen-bond acceptors (Lipinski definition) is 5. The first-order chi connectivity index (χ1) is 16.3. The van der Waals surface area contributed by atoms with Gasteiger partial charge in [0.15, 0.2) is 5.69 Å². The van der Waals surface area contributed by atoms with Crippen LogP contribution in [0.3, 0.4) is 0 Å². The fourth-order valence-electron chi connectivity index (χ4n) is 4.24. The maximum atomic E-state index is 13.2. The predicted octanol–water partition coefficient (Wildman–Crippen LogP) is 3.33. The molecule has 5 aromatic rings. The van der Waals surface area contributed by atoms with Crippen molar-refractivity contribution in [1.82, 2.24) is 34.7 Å². The number of nitrogens with zero attached hydrogens (tertiary/aromatic N) is 5. The molecule has 0 spiro atoms. The minimum atomic E-state index is -0.336. The van der Waals surface area contributed by atoms with E-state index in [0.29, 0.717) is 23.3 Å². The number of aromatic nitrogens is 6. The summed E-state index contributed by atoms with van der Waals surface area (Å²) in [6.45, 7) is 6.22. The molecule has 5 rings (SSSR count). The molecule has 0 aliphatic rings. The highest BCUT2D eigenvalue weighted by molar-refractivity contribution is 5.96. The van der Waals surface area contributed by atoms with Gasteiger partial charge in [-0.05, 0) is 36.6 Å². The van der Waals surface area contributed by atoms with Gasteiger partial charge in [0.1, 0.15) is 5.52 Å². The van der Waals surface area contributed by atoms with Crippen LogP contribution in [0.5, 0.6) is 0 Å². The molecule has 9 heteroatoms. The number of nitrogens with one attached hydrogen (secondary N) is 2. The van der Waals surface area contributed by atoms with Gasteiger partial charge in [-0.3, -0.25) is 19.3 Å². The third-order valence-electron chi connectivity index (χ3n) is 6.06. The summed E-state index contributed by atoms with van der Waals surface area (Å²) in [5, 5.41) is 12.5. The smallest absolute Gasteiger partial charge is 0.274 e. The molecule has 0 saturated heterocycles. The van der Waals surface area contributed by atoms with Crippen LogP contribution in [0.1, 0.15) is 47.1 Å². The van der Waals surface area contributed by atoms with Crippen molar-refractivity contribution in [3.8, 4) is 11.3 Å². The lowest BCUT2D eigenvalue weighted by Gasteiger charge is -2.08. The fraction of sp³-hybridized carbons (Fsp3) is 0.240. The Labute approximate surface area is 195 Å².